The molecule has 0 radical (unpaired) electrons. The summed E-state index contributed by atoms with van der Waals surface area (Å²) in [5.74, 6) is 0. The maximum Gasteiger partial charge on any atom is 0.243 e. The van der Waals surface area contributed by atoms with Crippen molar-refractivity contribution in [3.63, 3.8) is 0 Å². The molecule has 1 rings (SSSR count). The van der Waals surface area contributed by atoms with E-state index in [0.717, 1.165) is 5.69 Å². The van der Waals surface area contributed by atoms with Gasteiger partial charge in [-0.25, -0.2) is 8.42 Å². The number of nitrogens with zero attached hydrogens (tertiary/aromatic N) is 1. The number of rotatable bonds is 7. The molecule has 1 aromatic carbocycles. The van der Waals surface area contributed by atoms with E-state index in [9.17, 15) is 8.42 Å². The SMILES string of the molecule is C=CCNC(=S)Nc1ccc(S(=O)(=O)N(CC)CC)cc1. The highest BCUT2D eigenvalue weighted by atomic mass is 32.2. The summed E-state index contributed by atoms with van der Waals surface area (Å²) in [7, 11) is -3.42. The smallest absolute Gasteiger partial charge is 0.243 e. The van der Waals surface area contributed by atoms with E-state index in [-0.39, 0.29) is 4.90 Å². The average molecular weight is 327 g/mol. The van der Waals surface area contributed by atoms with E-state index in [1.165, 1.54) is 4.31 Å². The normalized spacial score (nSPS) is 11.2. The number of benzene rings is 1. The Kier molecular flexibility index (Phi) is 6.80. The van der Waals surface area contributed by atoms with Crippen molar-refractivity contribution in [1.29, 1.82) is 0 Å². The lowest BCUT2D eigenvalue weighted by molar-refractivity contribution is 0.445. The third-order valence-corrected chi connectivity index (χ3v) is 5.17. The summed E-state index contributed by atoms with van der Waals surface area (Å²) in [4.78, 5) is 0.279. The highest BCUT2D eigenvalue weighted by Crippen LogP contribution is 2.18. The van der Waals surface area contributed by atoms with Gasteiger partial charge < -0.3 is 10.6 Å². The van der Waals surface area contributed by atoms with Crippen LogP contribution >= 0.6 is 12.2 Å². The molecule has 5 nitrogen and oxygen atoms in total. The first-order chi connectivity index (χ1) is 9.95. The number of sulfonamides is 1. The van der Waals surface area contributed by atoms with E-state index in [2.05, 4.69) is 17.2 Å². The Morgan fingerprint density at radius 1 is 1.29 bits per heavy atom. The molecule has 0 saturated carbocycles. The first-order valence-corrected chi connectivity index (χ1v) is 8.56. The summed E-state index contributed by atoms with van der Waals surface area (Å²) in [6.45, 7) is 8.71. The number of hydrogen-bond donors (Lipinski definition) is 2. The molecule has 0 amide bonds. The summed E-state index contributed by atoms with van der Waals surface area (Å²) >= 11 is 5.09. The lowest BCUT2D eigenvalue weighted by Crippen LogP contribution is -2.30. The fourth-order valence-electron chi connectivity index (χ4n) is 1.76. The molecular formula is C14H21N3O2S2. The molecule has 0 aromatic heterocycles. The molecule has 0 aliphatic heterocycles. The summed E-state index contributed by atoms with van der Waals surface area (Å²) < 4.78 is 26.1. The molecule has 0 fully saturated rings. The molecule has 0 spiro atoms. The molecule has 0 saturated heterocycles. The predicted molar refractivity (Wildman–Crippen MR) is 91.0 cm³/mol. The zero-order valence-electron chi connectivity index (χ0n) is 12.3. The van der Waals surface area contributed by atoms with E-state index >= 15 is 0 Å². The van der Waals surface area contributed by atoms with Gasteiger partial charge in [0, 0.05) is 25.3 Å². The molecule has 2 N–H and O–H groups in total. The average Bonchev–Trinajstić information content (AvgIpc) is 2.46. The van der Waals surface area contributed by atoms with E-state index in [0.29, 0.717) is 24.7 Å². The van der Waals surface area contributed by atoms with Gasteiger partial charge in [0.2, 0.25) is 10.0 Å². The Morgan fingerprint density at radius 3 is 2.33 bits per heavy atom. The van der Waals surface area contributed by atoms with Gasteiger partial charge in [-0.1, -0.05) is 19.9 Å². The molecule has 21 heavy (non-hydrogen) atoms. The Hall–Kier alpha value is -1.44. The zero-order valence-corrected chi connectivity index (χ0v) is 13.9. The highest BCUT2D eigenvalue weighted by molar-refractivity contribution is 7.89. The largest absolute Gasteiger partial charge is 0.359 e. The van der Waals surface area contributed by atoms with Crippen molar-refractivity contribution < 1.29 is 8.42 Å². The minimum atomic E-state index is -3.42. The number of hydrogen-bond acceptors (Lipinski definition) is 3. The lowest BCUT2D eigenvalue weighted by Gasteiger charge is -2.18. The maximum atomic E-state index is 12.3. The topological polar surface area (TPSA) is 61.4 Å². The van der Waals surface area contributed by atoms with Crippen LogP contribution in [0, 0.1) is 0 Å². The minimum Gasteiger partial charge on any atom is -0.359 e. The van der Waals surface area contributed by atoms with Crippen molar-refractivity contribution in [1.82, 2.24) is 9.62 Å². The minimum absolute atomic E-state index is 0.279. The van der Waals surface area contributed by atoms with Crippen LogP contribution in [0.1, 0.15) is 13.8 Å². The quantitative estimate of drug-likeness (QED) is 0.594. The van der Waals surface area contributed by atoms with Gasteiger partial charge in [-0.15, -0.1) is 6.58 Å². The summed E-state index contributed by atoms with van der Waals surface area (Å²) in [6, 6.07) is 6.54. The van der Waals surface area contributed by atoms with Crippen LogP contribution < -0.4 is 10.6 Å². The second-order valence-corrected chi connectivity index (χ2v) is 6.58. The molecule has 7 heteroatoms. The van der Waals surface area contributed by atoms with Gasteiger partial charge in [-0.3, -0.25) is 0 Å². The van der Waals surface area contributed by atoms with Crippen LogP contribution in [-0.2, 0) is 10.0 Å². The van der Waals surface area contributed by atoms with Gasteiger partial charge >= 0.3 is 0 Å². The maximum absolute atomic E-state index is 12.3. The molecule has 0 heterocycles. The number of anilines is 1. The predicted octanol–water partition coefficient (Wildman–Crippen LogP) is 2.19. The van der Waals surface area contributed by atoms with E-state index in [1.54, 1.807) is 30.3 Å². The van der Waals surface area contributed by atoms with Crippen molar-refractivity contribution >= 4 is 33.0 Å². The van der Waals surface area contributed by atoms with Crippen LogP contribution in [0.4, 0.5) is 5.69 Å². The molecule has 0 bridgehead atoms. The molecule has 116 valence electrons. The number of thiocarbonyl (C=S) groups is 1. The van der Waals surface area contributed by atoms with Gasteiger partial charge in [-0.2, -0.15) is 4.31 Å². The van der Waals surface area contributed by atoms with Crippen LogP contribution in [0.15, 0.2) is 41.8 Å². The Bertz CT molecular complexity index is 579. The third kappa shape index (κ3) is 4.80. The van der Waals surface area contributed by atoms with Gasteiger partial charge in [0.15, 0.2) is 5.11 Å². The molecule has 0 unspecified atom stereocenters. The van der Waals surface area contributed by atoms with Crippen LogP contribution in [-0.4, -0.2) is 37.5 Å². The van der Waals surface area contributed by atoms with Crippen molar-refractivity contribution in [3.8, 4) is 0 Å². The Labute approximate surface area is 132 Å². The fraction of sp³-hybridized carbons (Fsp3) is 0.357. The van der Waals surface area contributed by atoms with Crippen molar-refractivity contribution in [2.45, 2.75) is 18.7 Å². The van der Waals surface area contributed by atoms with Gasteiger partial charge in [0.25, 0.3) is 0 Å². The van der Waals surface area contributed by atoms with Crippen molar-refractivity contribution in [3.05, 3.63) is 36.9 Å². The molecular weight excluding hydrogens is 306 g/mol. The van der Waals surface area contributed by atoms with Crippen LogP contribution in [0.2, 0.25) is 0 Å². The molecule has 0 atom stereocenters. The highest BCUT2D eigenvalue weighted by Gasteiger charge is 2.21. The van der Waals surface area contributed by atoms with Gasteiger partial charge in [0.1, 0.15) is 0 Å². The van der Waals surface area contributed by atoms with E-state index in [4.69, 9.17) is 12.2 Å². The summed E-state index contributed by atoms with van der Waals surface area (Å²) in [5.41, 5.74) is 0.732. The first-order valence-electron chi connectivity index (χ1n) is 6.71. The second-order valence-electron chi connectivity index (χ2n) is 4.24. The monoisotopic (exact) mass is 327 g/mol. The zero-order chi connectivity index (χ0) is 15.9. The second kappa shape index (κ2) is 8.11. The summed E-state index contributed by atoms with van der Waals surface area (Å²) in [6.07, 6.45) is 1.70. The standard InChI is InChI=1S/C14H21N3O2S2/c1-4-11-15-14(20)16-12-7-9-13(10-8-12)21(18,19)17(5-2)6-3/h4,7-10H,1,5-6,11H2,2-3H3,(H2,15,16,20). The molecule has 0 aliphatic carbocycles. The summed E-state index contributed by atoms with van der Waals surface area (Å²) in [5, 5.41) is 6.38. The van der Waals surface area contributed by atoms with E-state index in [1.807, 2.05) is 13.8 Å². The van der Waals surface area contributed by atoms with Crippen LogP contribution in [0.5, 0.6) is 0 Å². The molecule has 1 aromatic rings. The Morgan fingerprint density at radius 2 is 1.86 bits per heavy atom. The van der Waals surface area contributed by atoms with Crippen molar-refractivity contribution in [2.24, 2.45) is 0 Å². The first kappa shape index (κ1) is 17.6. The number of nitrogens with one attached hydrogen (secondary N) is 2. The van der Waals surface area contributed by atoms with Crippen molar-refractivity contribution in [2.75, 3.05) is 25.0 Å². The van der Waals surface area contributed by atoms with Crippen LogP contribution in [0.25, 0.3) is 0 Å². The third-order valence-electron chi connectivity index (χ3n) is 2.86. The van der Waals surface area contributed by atoms with Crippen LogP contribution in [0.3, 0.4) is 0 Å². The Balaban J connectivity index is 2.83. The lowest BCUT2D eigenvalue weighted by atomic mass is 10.3. The van der Waals surface area contributed by atoms with Gasteiger partial charge in [-0.05, 0) is 36.5 Å². The van der Waals surface area contributed by atoms with E-state index < -0.39 is 10.0 Å². The molecule has 0 aliphatic rings. The van der Waals surface area contributed by atoms with Gasteiger partial charge in [0.05, 0.1) is 4.90 Å². The fourth-order valence-corrected chi connectivity index (χ4v) is 3.42.